The molecule has 3 aromatic rings. The van der Waals surface area contributed by atoms with Crippen LogP contribution in [0.1, 0.15) is 24.2 Å². The summed E-state index contributed by atoms with van der Waals surface area (Å²) in [4.78, 5) is 27.9. The van der Waals surface area contributed by atoms with Crippen molar-refractivity contribution in [2.75, 3.05) is 17.2 Å². The molecule has 2 amide bonds. The number of ether oxygens (including phenoxy) is 1. The summed E-state index contributed by atoms with van der Waals surface area (Å²) in [6, 6.07) is 12.4. The molecule has 0 fully saturated rings. The van der Waals surface area contributed by atoms with Crippen molar-refractivity contribution in [1.29, 1.82) is 0 Å². The zero-order valence-electron chi connectivity index (χ0n) is 13.8. The minimum Gasteiger partial charge on any atom is -0.494 e. The third kappa shape index (κ3) is 4.13. The van der Waals surface area contributed by atoms with E-state index in [4.69, 9.17) is 4.74 Å². The molecule has 25 heavy (non-hydrogen) atoms. The van der Waals surface area contributed by atoms with Crippen molar-refractivity contribution < 1.29 is 14.3 Å². The molecule has 1 aromatic heterocycles. The molecule has 3 rings (SSSR count). The molecule has 0 saturated heterocycles. The zero-order valence-corrected chi connectivity index (χ0v) is 14.6. The molecular weight excluding hydrogens is 338 g/mol. The minimum atomic E-state index is -0.248. The van der Waals surface area contributed by atoms with Gasteiger partial charge in [0.2, 0.25) is 5.91 Å². The van der Waals surface area contributed by atoms with Gasteiger partial charge in [0.15, 0.2) is 5.13 Å². The van der Waals surface area contributed by atoms with Crippen molar-refractivity contribution in [1.82, 2.24) is 4.98 Å². The van der Waals surface area contributed by atoms with Crippen LogP contribution in [0.15, 0.2) is 42.5 Å². The number of thiazole rings is 1. The summed E-state index contributed by atoms with van der Waals surface area (Å²) in [7, 11) is 0. The molecule has 0 unspecified atom stereocenters. The van der Waals surface area contributed by atoms with Gasteiger partial charge < -0.3 is 10.1 Å². The van der Waals surface area contributed by atoms with E-state index in [0.717, 1.165) is 10.2 Å². The molecule has 0 spiro atoms. The molecule has 0 aliphatic heterocycles. The number of fused-ring (bicyclic) bond motifs is 1. The van der Waals surface area contributed by atoms with E-state index in [1.54, 1.807) is 24.3 Å². The topological polar surface area (TPSA) is 80.3 Å². The van der Waals surface area contributed by atoms with Gasteiger partial charge in [-0.15, -0.1) is 0 Å². The maximum atomic E-state index is 12.4. The van der Waals surface area contributed by atoms with Crippen LogP contribution >= 0.6 is 11.3 Å². The average molecular weight is 355 g/mol. The second kappa shape index (κ2) is 7.31. The predicted octanol–water partition coefficient (Wildman–Crippen LogP) is 3.91. The molecule has 0 atom stereocenters. The van der Waals surface area contributed by atoms with Gasteiger partial charge in [-0.1, -0.05) is 17.4 Å². The third-order valence-corrected chi connectivity index (χ3v) is 4.27. The molecule has 128 valence electrons. The molecule has 1 heterocycles. The Morgan fingerprint density at radius 1 is 1.16 bits per heavy atom. The van der Waals surface area contributed by atoms with Gasteiger partial charge in [0.05, 0.1) is 16.8 Å². The van der Waals surface area contributed by atoms with E-state index in [9.17, 15) is 9.59 Å². The Morgan fingerprint density at radius 2 is 2.00 bits per heavy atom. The fourth-order valence-electron chi connectivity index (χ4n) is 2.32. The quantitative estimate of drug-likeness (QED) is 0.727. The van der Waals surface area contributed by atoms with Crippen molar-refractivity contribution in [3.05, 3.63) is 48.0 Å². The second-order valence-electron chi connectivity index (χ2n) is 5.30. The highest BCUT2D eigenvalue weighted by atomic mass is 32.1. The number of hydrogen-bond donors (Lipinski definition) is 2. The number of rotatable bonds is 5. The molecule has 0 aliphatic rings. The van der Waals surface area contributed by atoms with Gasteiger partial charge in [0.1, 0.15) is 5.75 Å². The zero-order chi connectivity index (χ0) is 17.8. The van der Waals surface area contributed by atoms with Crippen LogP contribution in [0.3, 0.4) is 0 Å². The minimum absolute atomic E-state index is 0.133. The highest BCUT2D eigenvalue weighted by Crippen LogP contribution is 2.29. The number of aromatic nitrogens is 1. The van der Waals surface area contributed by atoms with E-state index < -0.39 is 0 Å². The number of hydrogen-bond acceptors (Lipinski definition) is 5. The highest BCUT2D eigenvalue weighted by Gasteiger charge is 2.11. The molecule has 0 saturated carbocycles. The number of carbonyl (C=O) groups is 2. The lowest BCUT2D eigenvalue weighted by Gasteiger charge is -2.05. The van der Waals surface area contributed by atoms with Gasteiger partial charge in [-0.3, -0.25) is 14.9 Å². The molecule has 0 bridgehead atoms. The molecule has 0 aliphatic carbocycles. The van der Waals surface area contributed by atoms with Crippen molar-refractivity contribution in [2.45, 2.75) is 13.8 Å². The number of anilines is 2. The van der Waals surface area contributed by atoms with Gasteiger partial charge in [0, 0.05) is 18.2 Å². The molecule has 7 heteroatoms. The Kier molecular flexibility index (Phi) is 4.95. The number of benzene rings is 2. The fourth-order valence-corrected chi connectivity index (χ4v) is 3.22. The van der Waals surface area contributed by atoms with Crippen LogP contribution in [0.5, 0.6) is 5.75 Å². The van der Waals surface area contributed by atoms with Gasteiger partial charge in [-0.05, 0) is 43.3 Å². The van der Waals surface area contributed by atoms with Gasteiger partial charge in [0.25, 0.3) is 5.91 Å². The van der Waals surface area contributed by atoms with Crippen LogP contribution in [0.4, 0.5) is 10.8 Å². The van der Waals surface area contributed by atoms with E-state index in [2.05, 4.69) is 15.6 Å². The number of carbonyl (C=O) groups excluding carboxylic acids is 2. The van der Waals surface area contributed by atoms with E-state index in [0.29, 0.717) is 28.7 Å². The molecular formula is C18H17N3O3S. The first-order chi connectivity index (χ1) is 12.0. The van der Waals surface area contributed by atoms with E-state index in [1.807, 2.05) is 25.1 Å². The molecule has 2 N–H and O–H groups in total. The summed E-state index contributed by atoms with van der Waals surface area (Å²) in [5.41, 5.74) is 1.97. The Hall–Kier alpha value is -2.93. The van der Waals surface area contributed by atoms with Crippen molar-refractivity contribution in [3.8, 4) is 5.75 Å². The lowest BCUT2D eigenvalue weighted by Crippen LogP contribution is -2.11. The van der Waals surface area contributed by atoms with E-state index >= 15 is 0 Å². The van der Waals surface area contributed by atoms with Gasteiger partial charge >= 0.3 is 0 Å². The summed E-state index contributed by atoms with van der Waals surface area (Å²) >= 11 is 1.35. The van der Waals surface area contributed by atoms with Crippen LogP contribution in [0.25, 0.3) is 10.2 Å². The fraction of sp³-hybridized carbons (Fsp3) is 0.167. The summed E-state index contributed by atoms with van der Waals surface area (Å²) < 4.78 is 6.29. The maximum Gasteiger partial charge on any atom is 0.257 e. The average Bonchev–Trinajstić information content (AvgIpc) is 2.96. The van der Waals surface area contributed by atoms with Crippen molar-refractivity contribution in [3.63, 3.8) is 0 Å². The predicted molar refractivity (Wildman–Crippen MR) is 99.5 cm³/mol. The molecule has 6 nitrogen and oxygen atoms in total. The third-order valence-electron chi connectivity index (χ3n) is 3.34. The molecule has 0 radical (unpaired) electrons. The first kappa shape index (κ1) is 16.9. The van der Waals surface area contributed by atoms with E-state index in [1.165, 1.54) is 18.3 Å². The van der Waals surface area contributed by atoms with Gasteiger partial charge in [-0.2, -0.15) is 0 Å². The summed E-state index contributed by atoms with van der Waals surface area (Å²) in [6.07, 6.45) is 0. The smallest absolute Gasteiger partial charge is 0.257 e. The van der Waals surface area contributed by atoms with Crippen LogP contribution in [0, 0.1) is 0 Å². The van der Waals surface area contributed by atoms with Gasteiger partial charge in [-0.25, -0.2) is 4.98 Å². The SMILES string of the molecule is CCOc1cccc(C(=O)Nc2nc3ccc(NC(C)=O)cc3s2)c1. The lowest BCUT2D eigenvalue weighted by atomic mass is 10.2. The standard InChI is InChI=1S/C18H17N3O3S/c1-3-24-14-6-4-5-12(9-14)17(23)21-18-20-15-8-7-13(19-11(2)22)10-16(15)25-18/h4-10H,3H2,1-2H3,(H,19,22)(H,20,21,23). The summed E-state index contributed by atoms with van der Waals surface area (Å²) in [6.45, 7) is 3.89. The van der Waals surface area contributed by atoms with Crippen LogP contribution < -0.4 is 15.4 Å². The highest BCUT2D eigenvalue weighted by molar-refractivity contribution is 7.22. The normalized spacial score (nSPS) is 10.5. The second-order valence-corrected chi connectivity index (χ2v) is 6.33. The van der Waals surface area contributed by atoms with E-state index in [-0.39, 0.29) is 11.8 Å². The van der Waals surface area contributed by atoms with Crippen LogP contribution in [0.2, 0.25) is 0 Å². The Labute approximate surface area is 148 Å². The largest absolute Gasteiger partial charge is 0.494 e. The Balaban J connectivity index is 1.79. The molecule has 2 aromatic carbocycles. The Morgan fingerprint density at radius 3 is 2.76 bits per heavy atom. The first-order valence-electron chi connectivity index (χ1n) is 7.77. The summed E-state index contributed by atoms with van der Waals surface area (Å²) in [5, 5.41) is 6.03. The van der Waals surface area contributed by atoms with Crippen LogP contribution in [-0.4, -0.2) is 23.4 Å². The van der Waals surface area contributed by atoms with Crippen molar-refractivity contribution in [2.24, 2.45) is 0 Å². The Bertz CT molecular complexity index is 936. The maximum absolute atomic E-state index is 12.4. The number of nitrogens with one attached hydrogen (secondary N) is 2. The van der Waals surface area contributed by atoms with Crippen LogP contribution in [-0.2, 0) is 4.79 Å². The number of amides is 2. The monoisotopic (exact) mass is 355 g/mol. The van der Waals surface area contributed by atoms with Crippen molar-refractivity contribution >= 4 is 44.2 Å². The summed E-state index contributed by atoms with van der Waals surface area (Å²) in [5.74, 6) is 0.272. The number of nitrogens with zero attached hydrogens (tertiary/aromatic N) is 1. The lowest BCUT2D eigenvalue weighted by molar-refractivity contribution is -0.114. The first-order valence-corrected chi connectivity index (χ1v) is 8.59.